The predicted octanol–water partition coefficient (Wildman–Crippen LogP) is 4.90. The Labute approximate surface area is 224 Å². The Morgan fingerprint density at radius 3 is 2.68 bits per heavy atom. The first-order chi connectivity index (χ1) is 18.1. The first-order valence-corrected chi connectivity index (χ1v) is 12.9. The minimum absolute atomic E-state index is 0.0477. The van der Waals surface area contributed by atoms with Crippen LogP contribution in [0.15, 0.2) is 36.4 Å². The van der Waals surface area contributed by atoms with Crippen LogP contribution >= 0.6 is 11.6 Å². The number of ether oxygens (including phenoxy) is 1. The van der Waals surface area contributed by atoms with Crippen molar-refractivity contribution in [1.82, 2.24) is 20.1 Å². The molecule has 4 heterocycles. The first kappa shape index (κ1) is 26.5. The maximum atomic E-state index is 14.9. The van der Waals surface area contributed by atoms with E-state index in [1.807, 2.05) is 13.8 Å². The van der Waals surface area contributed by atoms with Crippen molar-refractivity contribution >= 4 is 29.2 Å². The van der Waals surface area contributed by atoms with E-state index in [-0.39, 0.29) is 23.2 Å². The number of nitrogens with zero attached hydrogens (tertiary/aromatic N) is 3. The minimum atomic E-state index is -1.20. The standard InChI is InChI=1S/C27H30ClF2N5O3/c1-16-10-23(34-33-16)32-22-7-6-20(29)21(31-22)13-26(25(36)37)8-9-35(17(2)11-26)27(14-38-15-27)12-18-4-3-5-19(28)24(18)30/h3-7,10,17H,8-9,11-15H2,1-2H3,(H,36,37)(H2,31,32,33,34)/t17-,26?/m1/s1. The van der Waals surface area contributed by atoms with E-state index in [2.05, 4.69) is 25.4 Å². The molecule has 2 aliphatic rings. The maximum absolute atomic E-state index is 14.9. The van der Waals surface area contributed by atoms with Gasteiger partial charge in [0, 0.05) is 30.8 Å². The summed E-state index contributed by atoms with van der Waals surface area (Å²) in [5, 5.41) is 20.4. The lowest BCUT2D eigenvalue weighted by atomic mass is 9.70. The number of benzene rings is 1. The second-order valence-electron chi connectivity index (χ2n) is 10.6. The van der Waals surface area contributed by atoms with Crippen LogP contribution in [-0.4, -0.2) is 62.5 Å². The number of rotatable bonds is 8. The van der Waals surface area contributed by atoms with Gasteiger partial charge in [0.15, 0.2) is 5.82 Å². The third kappa shape index (κ3) is 5.00. The maximum Gasteiger partial charge on any atom is 0.310 e. The summed E-state index contributed by atoms with van der Waals surface area (Å²) < 4.78 is 35.1. The van der Waals surface area contributed by atoms with Crippen molar-refractivity contribution in [2.24, 2.45) is 5.41 Å². The molecule has 0 bridgehead atoms. The van der Waals surface area contributed by atoms with E-state index >= 15 is 0 Å². The highest BCUT2D eigenvalue weighted by molar-refractivity contribution is 6.30. The van der Waals surface area contributed by atoms with Crippen molar-refractivity contribution in [3.63, 3.8) is 0 Å². The van der Waals surface area contributed by atoms with Gasteiger partial charge < -0.3 is 15.2 Å². The van der Waals surface area contributed by atoms with Gasteiger partial charge in [0.05, 0.1) is 34.9 Å². The van der Waals surface area contributed by atoms with Gasteiger partial charge in [0.25, 0.3) is 0 Å². The van der Waals surface area contributed by atoms with Crippen LogP contribution in [0.4, 0.5) is 20.4 Å². The number of hydrogen-bond donors (Lipinski definition) is 3. The predicted molar refractivity (Wildman–Crippen MR) is 139 cm³/mol. The van der Waals surface area contributed by atoms with Gasteiger partial charge in [0.1, 0.15) is 17.5 Å². The van der Waals surface area contributed by atoms with Crippen LogP contribution in [-0.2, 0) is 22.4 Å². The van der Waals surface area contributed by atoms with Gasteiger partial charge in [-0.1, -0.05) is 23.7 Å². The van der Waals surface area contributed by atoms with Gasteiger partial charge in [0.2, 0.25) is 0 Å². The molecular weight excluding hydrogens is 516 g/mol. The molecule has 8 nitrogen and oxygen atoms in total. The molecule has 2 atom stereocenters. The average Bonchev–Trinajstić information content (AvgIpc) is 3.26. The third-order valence-corrected chi connectivity index (χ3v) is 8.08. The Bertz CT molecular complexity index is 1350. The average molecular weight is 546 g/mol. The summed E-state index contributed by atoms with van der Waals surface area (Å²) in [7, 11) is 0. The zero-order valence-corrected chi connectivity index (χ0v) is 22.0. The van der Waals surface area contributed by atoms with Gasteiger partial charge in [-0.25, -0.2) is 13.8 Å². The largest absolute Gasteiger partial charge is 0.481 e. The number of anilines is 2. The molecule has 1 unspecified atom stereocenters. The van der Waals surface area contributed by atoms with E-state index in [1.165, 1.54) is 18.2 Å². The zero-order valence-electron chi connectivity index (χ0n) is 21.2. The molecule has 2 fully saturated rings. The summed E-state index contributed by atoms with van der Waals surface area (Å²) in [5.74, 6) is -1.05. The lowest BCUT2D eigenvalue weighted by Crippen LogP contribution is -2.68. The van der Waals surface area contributed by atoms with E-state index in [1.54, 1.807) is 18.2 Å². The van der Waals surface area contributed by atoms with Gasteiger partial charge >= 0.3 is 5.97 Å². The number of aromatic amines is 1. The molecule has 0 radical (unpaired) electrons. The van der Waals surface area contributed by atoms with Crippen LogP contribution in [0.3, 0.4) is 0 Å². The number of carboxylic acid groups (broad SMARTS) is 1. The molecule has 3 N–H and O–H groups in total. The van der Waals surface area contributed by atoms with Crippen LogP contribution in [0.1, 0.15) is 36.7 Å². The molecule has 202 valence electrons. The lowest BCUT2D eigenvalue weighted by molar-refractivity contribution is -0.178. The van der Waals surface area contributed by atoms with Gasteiger partial charge in [-0.3, -0.25) is 14.8 Å². The highest BCUT2D eigenvalue weighted by Crippen LogP contribution is 2.44. The zero-order chi connectivity index (χ0) is 27.1. The number of pyridine rings is 1. The molecule has 11 heteroatoms. The number of aryl methyl sites for hydroxylation is 1. The van der Waals surface area contributed by atoms with E-state index < -0.39 is 28.6 Å². The summed E-state index contributed by atoms with van der Waals surface area (Å²) in [5.41, 5.74) is -0.199. The number of likely N-dealkylation sites (tertiary alicyclic amines) is 1. The molecule has 2 saturated heterocycles. The summed E-state index contributed by atoms with van der Waals surface area (Å²) in [4.78, 5) is 19.3. The van der Waals surface area contributed by atoms with E-state index in [0.29, 0.717) is 56.2 Å². The molecule has 1 aromatic carbocycles. The Balaban J connectivity index is 1.35. The van der Waals surface area contributed by atoms with Crippen molar-refractivity contribution in [2.75, 3.05) is 25.1 Å². The molecular formula is C27H30ClF2N5O3. The van der Waals surface area contributed by atoms with Crippen molar-refractivity contribution in [2.45, 2.75) is 51.1 Å². The second kappa shape index (κ2) is 10.2. The summed E-state index contributed by atoms with van der Waals surface area (Å²) in [6, 6.07) is 9.37. The quantitative estimate of drug-likeness (QED) is 0.370. The number of hydrogen-bond acceptors (Lipinski definition) is 6. The molecule has 3 aromatic rings. The number of piperidine rings is 1. The van der Waals surface area contributed by atoms with Gasteiger partial charge in [-0.15, -0.1) is 0 Å². The van der Waals surface area contributed by atoms with E-state index in [9.17, 15) is 18.7 Å². The topological polar surface area (TPSA) is 103 Å². The van der Waals surface area contributed by atoms with Crippen LogP contribution < -0.4 is 5.32 Å². The summed E-state index contributed by atoms with van der Waals surface area (Å²) in [6.45, 7) is 5.11. The number of nitrogens with one attached hydrogen (secondary N) is 2. The Morgan fingerprint density at radius 1 is 1.26 bits per heavy atom. The Kier molecular flexibility index (Phi) is 7.15. The number of carboxylic acids is 1. The van der Waals surface area contributed by atoms with Crippen LogP contribution in [0.2, 0.25) is 5.02 Å². The fourth-order valence-corrected chi connectivity index (χ4v) is 6.02. The van der Waals surface area contributed by atoms with Crippen LogP contribution in [0, 0.1) is 24.0 Å². The number of aliphatic carboxylic acids is 1. The van der Waals surface area contributed by atoms with Crippen LogP contribution in [0.25, 0.3) is 0 Å². The molecule has 0 amide bonds. The van der Waals surface area contributed by atoms with Crippen molar-refractivity contribution in [3.8, 4) is 0 Å². The third-order valence-electron chi connectivity index (χ3n) is 7.79. The highest BCUT2D eigenvalue weighted by atomic mass is 35.5. The molecule has 0 aliphatic carbocycles. The normalized spacial score (nSPS) is 23.1. The summed E-state index contributed by atoms with van der Waals surface area (Å²) >= 11 is 6.01. The number of aromatic nitrogens is 3. The molecule has 38 heavy (non-hydrogen) atoms. The second-order valence-corrected chi connectivity index (χ2v) is 11.0. The number of carbonyl (C=O) groups is 1. The fraction of sp³-hybridized carbons (Fsp3) is 0.444. The highest BCUT2D eigenvalue weighted by Gasteiger charge is 2.53. The smallest absolute Gasteiger partial charge is 0.310 e. The minimum Gasteiger partial charge on any atom is -0.481 e. The Hall–Kier alpha value is -3.08. The molecule has 0 spiro atoms. The van der Waals surface area contributed by atoms with Crippen molar-refractivity contribution in [3.05, 3.63) is 70.0 Å². The molecule has 2 aromatic heterocycles. The Morgan fingerprint density at radius 2 is 2.05 bits per heavy atom. The van der Waals surface area contributed by atoms with Crippen LogP contribution in [0.5, 0.6) is 0 Å². The van der Waals surface area contributed by atoms with Gasteiger partial charge in [-0.2, -0.15) is 5.10 Å². The van der Waals surface area contributed by atoms with Crippen molar-refractivity contribution in [1.29, 1.82) is 0 Å². The van der Waals surface area contributed by atoms with E-state index in [0.717, 1.165) is 5.69 Å². The monoisotopic (exact) mass is 545 g/mol. The SMILES string of the molecule is Cc1cc(Nc2ccc(F)c(CC3(C(=O)O)CCN(C4(Cc5cccc(Cl)c5F)COC4)[C@H](C)C3)n2)n[nH]1. The molecule has 5 rings (SSSR count). The lowest BCUT2D eigenvalue weighted by Gasteiger charge is -2.56. The van der Waals surface area contributed by atoms with E-state index in [4.69, 9.17) is 16.3 Å². The summed E-state index contributed by atoms with van der Waals surface area (Å²) in [6.07, 6.45) is 0.942. The van der Waals surface area contributed by atoms with Gasteiger partial charge in [-0.05, 0) is 56.9 Å². The molecule has 2 aliphatic heterocycles. The molecule has 0 saturated carbocycles. The number of H-pyrrole nitrogens is 1. The fourth-order valence-electron chi connectivity index (χ4n) is 5.83. The van der Waals surface area contributed by atoms with Crippen molar-refractivity contribution < 1.29 is 23.4 Å². The first-order valence-electron chi connectivity index (χ1n) is 12.6. The number of halogens is 3.